The second-order valence-corrected chi connectivity index (χ2v) is 5.59. The van der Waals surface area contributed by atoms with E-state index in [4.69, 9.17) is 0 Å². The van der Waals surface area contributed by atoms with Crippen LogP contribution in [-0.4, -0.2) is 33.2 Å². The lowest BCUT2D eigenvalue weighted by atomic mass is 10.0. The first-order valence-electron chi connectivity index (χ1n) is 7.41. The van der Waals surface area contributed by atoms with E-state index in [1.165, 1.54) is 6.21 Å². The smallest absolute Gasteiger partial charge is 0.149 e. The largest absolute Gasteiger partial charge is 0.505 e. The molecule has 1 atom stereocenters. The number of nitrogens with zero attached hydrogens (tertiary/aromatic N) is 3. The number of aliphatic hydroxyl groups excluding tert-OH is 1. The van der Waals surface area contributed by atoms with Crippen LogP contribution in [0.5, 0.6) is 0 Å². The van der Waals surface area contributed by atoms with Crippen molar-refractivity contribution in [1.82, 2.24) is 14.9 Å². The summed E-state index contributed by atoms with van der Waals surface area (Å²) < 4.78 is 0. The van der Waals surface area contributed by atoms with Crippen molar-refractivity contribution in [3.8, 4) is 11.3 Å². The third-order valence-electron chi connectivity index (χ3n) is 4.02. The van der Waals surface area contributed by atoms with Gasteiger partial charge in [0.15, 0.2) is 0 Å². The van der Waals surface area contributed by atoms with Crippen molar-refractivity contribution < 1.29 is 5.11 Å². The molecule has 0 radical (unpaired) electrons. The van der Waals surface area contributed by atoms with Crippen LogP contribution in [0.15, 0.2) is 65.7 Å². The highest BCUT2D eigenvalue weighted by molar-refractivity contribution is 5.94. The second kappa shape index (κ2) is 5.28. The lowest BCUT2D eigenvalue weighted by Crippen LogP contribution is -2.21. The predicted octanol–water partition coefficient (Wildman–Crippen LogP) is 3.64. The lowest BCUT2D eigenvalue weighted by molar-refractivity contribution is 0.315. The quantitative estimate of drug-likeness (QED) is 0.759. The van der Waals surface area contributed by atoms with Gasteiger partial charge in [-0.15, -0.1) is 0 Å². The highest BCUT2D eigenvalue weighted by Gasteiger charge is 2.18. The summed E-state index contributed by atoms with van der Waals surface area (Å²) in [5.41, 5.74) is 4.13. The number of aromatic amines is 1. The Labute approximate surface area is 133 Å². The molecule has 4 rings (SSSR count). The van der Waals surface area contributed by atoms with E-state index in [0.29, 0.717) is 0 Å². The first kappa shape index (κ1) is 13.6. The summed E-state index contributed by atoms with van der Waals surface area (Å²) in [5.74, 6) is 0.162. The second-order valence-electron chi connectivity index (χ2n) is 5.59. The summed E-state index contributed by atoms with van der Waals surface area (Å²) in [6, 6.07) is 12.2. The van der Waals surface area contributed by atoms with E-state index < -0.39 is 0 Å². The summed E-state index contributed by atoms with van der Waals surface area (Å²) in [4.78, 5) is 14.0. The van der Waals surface area contributed by atoms with Crippen molar-refractivity contribution in [2.45, 2.75) is 6.17 Å². The van der Waals surface area contributed by atoms with Crippen LogP contribution in [0.1, 0.15) is 11.7 Å². The Balaban J connectivity index is 1.78. The Hall–Kier alpha value is -3.08. The number of benzene rings is 1. The molecular weight excluding hydrogens is 288 g/mol. The number of aliphatic imine (C=N–C) groups is 1. The van der Waals surface area contributed by atoms with Gasteiger partial charge in [0.05, 0.1) is 11.9 Å². The number of allylic oxidation sites excluding steroid dienone is 1. The molecule has 0 saturated carbocycles. The number of aromatic nitrogens is 2. The minimum absolute atomic E-state index is 0.155. The van der Waals surface area contributed by atoms with Crippen LogP contribution >= 0.6 is 0 Å². The fourth-order valence-electron chi connectivity index (χ4n) is 2.95. The number of rotatable bonds is 2. The third-order valence-corrected chi connectivity index (χ3v) is 4.02. The van der Waals surface area contributed by atoms with Crippen LogP contribution in [-0.2, 0) is 0 Å². The molecule has 1 aliphatic heterocycles. The van der Waals surface area contributed by atoms with Gasteiger partial charge < -0.3 is 15.0 Å². The summed E-state index contributed by atoms with van der Waals surface area (Å²) >= 11 is 0. The first-order chi connectivity index (χ1) is 11.2. The summed E-state index contributed by atoms with van der Waals surface area (Å²) in [7, 11) is 1.89. The number of hydrogen-bond acceptors (Lipinski definition) is 4. The van der Waals surface area contributed by atoms with E-state index in [2.05, 4.69) is 39.2 Å². The Kier molecular flexibility index (Phi) is 3.12. The maximum atomic E-state index is 9.53. The van der Waals surface area contributed by atoms with Crippen LogP contribution < -0.4 is 0 Å². The third kappa shape index (κ3) is 2.36. The minimum Gasteiger partial charge on any atom is -0.505 e. The molecule has 3 heterocycles. The van der Waals surface area contributed by atoms with E-state index >= 15 is 0 Å². The molecule has 0 amide bonds. The zero-order valence-electron chi connectivity index (χ0n) is 12.6. The maximum absolute atomic E-state index is 9.53. The molecule has 1 aliphatic rings. The van der Waals surface area contributed by atoms with E-state index in [1.54, 1.807) is 12.4 Å². The molecule has 2 N–H and O–H groups in total. The molecule has 0 fully saturated rings. The average molecular weight is 304 g/mol. The van der Waals surface area contributed by atoms with Crippen LogP contribution in [0.25, 0.3) is 22.2 Å². The number of fused-ring (bicyclic) bond motifs is 1. The van der Waals surface area contributed by atoms with Gasteiger partial charge in [0.2, 0.25) is 0 Å². The minimum atomic E-state index is -0.155. The Bertz CT molecular complexity index is 925. The summed E-state index contributed by atoms with van der Waals surface area (Å²) in [6.45, 7) is 0. The topological polar surface area (TPSA) is 64.5 Å². The van der Waals surface area contributed by atoms with Crippen molar-refractivity contribution in [2.24, 2.45) is 4.99 Å². The van der Waals surface area contributed by atoms with Gasteiger partial charge in [-0.2, -0.15) is 0 Å². The number of aliphatic hydroxyl groups is 1. The Morgan fingerprint density at radius 1 is 1.22 bits per heavy atom. The van der Waals surface area contributed by atoms with Gasteiger partial charge in [0.25, 0.3) is 0 Å². The predicted molar refractivity (Wildman–Crippen MR) is 91.2 cm³/mol. The SMILES string of the molecule is CN1C=C(O)C=NC1c1ccnc(-c2cccc3[nH]ccc23)c1. The van der Waals surface area contributed by atoms with E-state index in [0.717, 1.165) is 27.7 Å². The number of nitrogens with one attached hydrogen (secondary N) is 1. The average Bonchev–Trinajstić information content (AvgIpc) is 3.03. The maximum Gasteiger partial charge on any atom is 0.149 e. The van der Waals surface area contributed by atoms with Crippen LogP contribution in [0.2, 0.25) is 0 Å². The van der Waals surface area contributed by atoms with Crippen molar-refractivity contribution in [2.75, 3.05) is 7.05 Å². The van der Waals surface area contributed by atoms with E-state index in [9.17, 15) is 5.11 Å². The number of pyridine rings is 1. The molecule has 5 nitrogen and oxygen atoms in total. The van der Waals surface area contributed by atoms with Gasteiger partial charge in [0.1, 0.15) is 11.9 Å². The first-order valence-corrected chi connectivity index (χ1v) is 7.41. The van der Waals surface area contributed by atoms with Gasteiger partial charge >= 0.3 is 0 Å². The monoisotopic (exact) mass is 304 g/mol. The van der Waals surface area contributed by atoms with Crippen LogP contribution in [0.4, 0.5) is 0 Å². The molecule has 0 aliphatic carbocycles. The van der Waals surface area contributed by atoms with Crippen molar-refractivity contribution >= 4 is 17.1 Å². The molecule has 0 saturated heterocycles. The summed E-state index contributed by atoms with van der Waals surface area (Å²) in [5, 5.41) is 10.7. The number of H-pyrrole nitrogens is 1. The standard InChI is InChI=1S/C18H16N4O/c1-22-11-13(23)10-21-18(22)12-5-7-20-17(9-12)14-3-2-4-16-15(14)6-8-19-16/h2-11,18-19,23H,1H3. The van der Waals surface area contributed by atoms with Gasteiger partial charge in [-0.3, -0.25) is 9.98 Å². The molecule has 1 unspecified atom stereocenters. The van der Waals surface area contributed by atoms with Gasteiger partial charge in [0, 0.05) is 47.7 Å². The van der Waals surface area contributed by atoms with E-state index in [-0.39, 0.29) is 11.9 Å². The molecule has 1 aromatic carbocycles. The lowest BCUT2D eigenvalue weighted by Gasteiger charge is -2.26. The Morgan fingerprint density at radius 3 is 3.00 bits per heavy atom. The highest BCUT2D eigenvalue weighted by atomic mass is 16.3. The van der Waals surface area contributed by atoms with Crippen LogP contribution in [0.3, 0.4) is 0 Å². The van der Waals surface area contributed by atoms with Crippen molar-refractivity contribution in [1.29, 1.82) is 0 Å². The van der Waals surface area contributed by atoms with Crippen molar-refractivity contribution in [3.05, 3.63) is 66.3 Å². The fourth-order valence-corrected chi connectivity index (χ4v) is 2.95. The fraction of sp³-hybridized carbons (Fsp3) is 0.111. The van der Waals surface area contributed by atoms with Crippen LogP contribution in [0, 0.1) is 0 Å². The van der Waals surface area contributed by atoms with Gasteiger partial charge in [-0.25, -0.2) is 0 Å². The molecule has 5 heteroatoms. The molecule has 0 spiro atoms. The number of hydrogen-bond donors (Lipinski definition) is 2. The highest BCUT2D eigenvalue weighted by Crippen LogP contribution is 2.30. The van der Waals surface area contributed by atoms with Gasteiger partial charge in [-0.05, 0) is 24.3 Å². The molecule has 114 valence electrons. The van der Waals surface area contributed by atoms with Crippen molar-refractivity contribution in [3.63, 3.8) is 0 Å². The van der Waals surface area contributed by atoms with E-state index in [1.807, 2.05) is 30.3 Å². The molecule has 23 heavy (non-hydrogen) atoms. The molecule has 0 bridgehead atoms. The Morgan fingerprint density at radius 2 is 2.13 bits per heavy atom. The normalized spacial score (nSPS) is 17.5. The zero-order chi connectivity index (χ0) is 15.8. The molecule has 2 aromatic heterocycles. The molecule has 3 aromatic rings. The summed E-state index contributed by atoms with van der Waals surface area (Å²) in [6.07, 6.45) is 6.74. The zero-order valence-corrected chi connectivity index (χ0v) is 12.6. The molecular formula is C18H16N4O. The van der Waals surface area contributed by atoms with Gasteiger partial charge in [-0.1, -0.05) is 12.1 Å².